The molecule has 1 aliphatic heterocycles. The summed E-state index contributed by atoms with van der Waals surface area (Å²) in [7, 11) is 0. The number of amides is 2. The van der Waals surface area contributed by atoms with Gasteiger partial charge in [-0.15, -0.1) is 11.8 Å². The second kappa shape index (κ2) is 8.73. The molecule has 2 amide bonds. The first-order valence-corrected chi connectivity index (χ1v) is 10.1. The molecule has 0 saturated heterocycles. The van der Waals surface area contributed by atoms with Crippen molar-refractivity contribution >= 4 is 23.6 Å². The van der Waals surface area contributed by atoms with Gasteiger partial charge >= 0.3 is 0 Å². The lowest BCUT2D eigenvalue weighted by molar-refractivity contribution is -0.124. The van der Waals surface area contributed by atoms with Crippen LogP contribution in [0.5, 0.6) is 0 Å². The van der Waals surface area contributed by atoms with Crippen molar-refractivity contribution in [2.24, 2.45) is 5.92 Å². The van der Waals surface area contributed by atoms with E-state index in [1.54, 1.807) is 25.6 Å². The van der Waals surface area contributed by atoms with Crippen LogP contribution in [0.15, 0.2) is 47.4 Å². The Hall–Kier alpha value is -2.41. The summed E-state index contributed by atoms with van der Waals surface area (Å²) in [6.07, 6.45) is 0.772. The number of fused-ring (bicyclic) bond motifs is 1. The molecular formula is C21H22F2N2O2S. The first-order valence-electron chi connectivity index (χ1n) is 9.15. The summed E-state index contributed by atoms with van der Waals surface area (Å²) in [6, 6.07) is 10.0. The molecule has 28 heavy (non-hydrogen) atoms. The summed E-state index contributed by atoms with van der Waals surface area (Å²) in [5.74, 6) is -2.61. The zero-order valence-corrected chi connectivity index (χ0v) is 16.5. The number of thioether (sulfide) groups is 1. The Bertz CT molecular complexity index is 868. The highest BCUT2D eigenvalue weighted by Crippen LogP contribution is 2.35. The second-order valence-corrected chi connectivity index (χ2v) is 8.16. The van der Waals surface area contributed by atoms with Gasteiger partial charge in [0, 0.05) is 10.6 Å². The third kappa shape index (κ3) is 4.35. The van der Waals surface area contributed by atoms with Gasteiger partial charge in [0.05, 0.1) is 6.04 Å². The standard InChI is InChI=1S/C21H22F2N2O2S/c1-12(2)19(25-20(26)18-14(22)7-5-8-15(18)23)21(27)24-16-10-11-28-17-9-4-3-6-13(16)17/h3-9,12,16,19H,10-11H2,1-2H3,(H,24,27)(H,25,26)/t16-,19-/m0/s1. The molecule has 0 aromatic heterocycles. The van der Waals surface area contributed by atoms with Gasteiger partial charge in [0.2, 0.25) is 5.91 Å². The van der Waals surface area contributed by atoms with Gasteiger partial charge in [-0.1, -0.05) is 38.1 Å². The smallest absolute Gasteiger partial charge is 0.257 e. The molecule has 1 heterocycles. The Morgan fingerprint density at radius 3 is 2.43 bits per heavy atom. The van der Waals surface area contributed by atoms with Crippen LogP contribution in [0, 0.1) is 17.6 Å². The van der Waals surface area contributed by atoms with Crippen molar-refractivity contribution in [3.8, 4) is 0 Å². The van der Waals surface area contributed by atoms with Gasteiger partial charge in [-0.05, 0) is 36.1 Å². The van der Waals surface area contributed by atoms with E-state index in [-0.39, 0.29) is 17.9 Å². The minimum atomic E-state index is -0.960. The van der Waals surface area contributed by atoms with E-state index >= 15 is 0 Å². The molecule has 2 atom stereocenters. The van der Waals surface area contributed by atoms with Crippen molar-refractivity contribution in [2.45, 2.75) is 37.2 Å². The maximum atomic E-state index is 13.9. The molecule has 2 aromatic carbocycles. The molecule has 0 radical (unpaired) electrons. The van der Waals surface area contributed by atoms with Crippen LogP contribution in [0.3, 0.4) is 0 Å². The van der Waals surface area contributed by atoms with E-state index in [4.69, 9.17) is 0 Å². The van der Waals surface area contributed by atoms with Crippen molar-refractivity contribution in [3.63, 3.8) is 0 Å². The van der Waals surface area contributed by atoms with E-state index in [0.717, 1.165) is 34.8 Å². The van der Waals surface area contributed by atoms with E-state index in [9.17, 15) is 18.4 Å². The van der Waals surface area contributed by atoms with Gasteiger partial charge < -0.3 is 10.6 Å². The molecule has 0 fully saturated rings. The van der Waals surface area contributed by atoms with E-state index < -0.39 is 29.1 Å². The van der Waals surface area contributed by atoms with Gasteiger partial charge in [0.15, 0.2) is 0 Å². The lowest BCUT2D eigenvalue weighted by Gasteiger charge is -2.29. The van der Waals surface area contributed by atoms with E-state index in [2.05, 4.69) is 10.6 Å². The molecule has 7 heteroatoms. The number of rotatable bonds is 5. The lowest BCUT2D eigenvalue weighted by atomic mass is 9.99. The maximum absolute atomic E-state index is 13.9. The van der Waals surface area contributed by atoms with Gasteiger partial charge in [-0.3, -0.25) is 9.59 Å². The summed E-state index contributed by atoms with van der Waals surface area (Å²) in [6.45, 7) is 3.54. The zero-order valence-electron chi connectivity index (χ0n) is 15.7. The Balaban J connectivity index is 1.76. The average molecular weight is 404 g/mol. The van der Waals surface area contributed by atoms with Crippen LogP contribution in [0.2, 0.25) is 0 Å². The molecule has 2 aromatic rings. The number of benzene rings is 2. The first kappa shape index (κ1) is 20.3. The van der Waals surface area contributed by atoms with Crippen molar-refractivity contribution in [2.75, 3.05) is 5.75 Å². The van der Waals surface area contributed by atoms with Crippen molar-refractivity contribution in [1.29, 1.82) is 0 Å². The largest absolute Gasteiger partial charge is 0.347 e. The van der Waals surface area contributed by atoms with Crippen molar-refractivity contribution in [1.82, 2.24) is 10.6 Å². The molecule has 1 aliphatic rings. The summed E-state index contributed by atoms with van der Waals surface area (Å²) >= 11 is 1.74. The summed E-state index contributed by atoms with van der Waals surface area (Å²) < 4.78 is 27.8. The van der Waals surface area contributed by atoms with E-state index in [1.807, 2.05) is 24.3 Å². The monoisotopic (exact) mass is 404 g/mol. The van der Waals surface area contributed by atoms with Crippen LogP contribution in [0.4, 0.5) is 8.78 Å². The predicted molar refractivity (Wildman–Crippen MR) is 105 cm³/mol. The van der Waals surface area contributed by atoms with Gasteiger partial charge in [-0.25, -0.2) is 8.78 Å². The fourth-order valence-corrected chi connectivity index (χ4v) is 4.34. The minimum Gasteiger partial charge on any atom is -0.347 e. The number of halogens is 2. The third-order valence-corrected chi connectivity index (χ3v) is 5.82. The van der Waals surface area contributed by atoms with Gasteiger partial charge in [0.1, 0.15) is 23.2 Å². The van der Waals surface area contributed by atoms with Crippen molar-refractivity contribution in [3.05, 3.63) is 65.2 Å². The van der Waals surface area contributed by atoms with Crippen LogP contribution in [0.25, 0.3) is 0 Å². The Kier molecular flexibility index (Phi) is 6.34. The molecule has 0 unspecified atom stereocenters. The van der Waals surface area contributed by atoms with E-state index in [0.29, 0.717) is 0 Å². The number of carbonyl (C=O) groups excluding carboxylic acids is 2. The fourth-order valence-electron chi connectivity index (χ4n) is 3.22. The first-order chi connectivity index (χ1) is 13.4. The average Bonchev–Trinajstić information content (AvgIpc) is 2.66. The second-order valence-electron chi connectivity index (χ2n) is 7.03. The van der Waals surface area contributed by atoms with Crippen LogP contribution in [0.1, 0.15) is 42.2 Å². The summed E-state index contributed by atoms with van der Waals surface area (Å²) in [5.41, 5.74) is 0.362. The van der Waals surface area contributed by atoms with Gasteiger partial charge in [-0.2, -0.15) is 0 Å². The highest BCUT2D eigenvalue weighted by molar-refractivity contribution is 7.99. The van der Waals surface area contributed by atoms with Crippen LogP contribution < -0.4 is 10.6 Å². The normalized spacial score (nSPS) is 17.0. The van der Waals surface area contributed by atoms with Crippen molar-refractivity contribution < 1.29 is 18.4 Å². The molecular weight excluding hydrogens is 382 g/mol. The van der Waals surface area contributed by atoms with Gasteiger partial charge in [0.25, 0.3) is 5.91 Å². The molecule has 0 saturated carbocycles. The Labute approximate surface area is 167 Å². The molecule has 148 valence electrons. The predicted octanol–water partition coefficient (Wildman–Crippen LogP) is 4.07. The topological polar surface area (TPSA) is 58.2 Å². The van der Waals surface area contributed by atoms with Crippen LogP contribution >= 0.6 is 11.8 Å². The molecule has 0 spiro atoms. The minimum absolute atomic E-state index is 0.159. The Morgan fingerprint density at radius 1 is 1.07 bits per heavy atom. The number of nitrogens with one attached hydrogen (secondary N) is 2. The third-order valence-electron chi connectivity index (χ3n) is 4.70. The molecule has 4 nitrogen and oxygen atoms in total. The zero-order chi connectivity index (χ0) is 20.3. The van der Waals surface area contributed by atoms with Crippen LogP contribution in [-0.2, 0) is 4.79 Å². The fraction of sp³-hybridized carbons (Fsp3) is 0.333. The maximum Gasteiger partial charge on any atom is 0.257 e. The highest BCUT2D eigenvalue weighted by atomic mass is 32.2. The van der Waals surface area contributed by atoms with Crippen LogP contribution in [-0.4, -0.2) is 23.6 Å². The number of carbonyl (C=O) groups is 2. The summed E-state index contributed by atoms with van der Waals surface area (Å²) in [5, 5.41) is 5.48. The number of hydrogen-bond acceptors (Lipinski definition) is 3. The summed E-state index contributed by atoms with van der Waals surface area (Å²) in [4.78, 5) is 26.4. The molecule has 0 aliphatic carbocycles. The molecule has 0 bridgehead atoms. The quantitative estimate of drug-likeness (QED) is 0.790. The lowest BCUT2D eigenvalue weighted by Crippen LogP contribution is -2.51. The molecule has 2 N–H and O–H groups in total. The Morgan fingerprint density at radius 2 is 1.75 bits per heavy atom. The van der Waals surface area contributed by atoms with E-state index in [1.165, 1.54) is 6.07 Å². The SMILES string of the molecule is CC(C)[C@H](NC(=O)c1c(F)cccc1F)C(=O)N[C@H]1CCSc2ccccc21. The molecule has 3 rings (SSSR count). The number of hydrogen-bond donors (Lipinski definition) is 2. The highest BCUT2D eigenvalue weighted by Gasteiger charge is 2.30.